The van der Waals surface area contributed by atoms with Crippen LogP contribution in [0.4, 0.5) is 27.5 Å². The maximum atomic E-state index is 14.7. The molecule has 2 N–H and O–H groups in total. The van der Waals surface area contributed by atoms with E-state index in [2.05, 4.69) is 77.1 Å². The molecular formula is C25H37ClFN7. The Balaban J connectivity index is 1.50. The van der Waals surface area contributed by atoms with Gasteiger partial charge in [0.25, 0.3) is 0 Å². The lowest BCUT2D eigenvalue weighted by atomic mass is 9.77. The van der Waals surface area contributed by atoms with E-state index in [1.54, 1.807) is 0 Å². The van der Waals surface area contributed by atoms with Gasteiger partial charge in [0.2, 0.25) is 5.95 Å². The second-order valence-electron chi connectivity index (χ2n) is 10.9. The number of hydrogen-bond donors (Lipinski definition) is 2. The van der Waals surface area contributed by atoms with Gasteiger partial charge in [-0.25, -0.2) is 9.37 Å². The molecule has 1 aromatic heterocycles. The van der Waals surface area contributed by atoms with E-state index in [1.807, 2.05) is 18.2 Å². The minimum atomic E-state index is -0.450. The quantitative estimate of drug-likeness (QED) is 0.623. The number of piperidine rings is 1. The van der Waals surface area contributed by atoms with Crippen molar-refractivity contribution in [2.45, 2.75) is 57.7 Å². The van der Waals surface area contributed by atoms with E-state index in [-0.39, 0.29) is 22.9 Å². The average Bonchev–Trinajstić information content (AvgIpc) is 2.76. The molecule has 1 aromatic carbocycles. The molecule has 186 valence electrons. The number of benzene rings is 1. The SMILES string of the molecule is CN1CCN(c2cc(Nc3ncc(F)c(NC4CC(C)(C)N(C)C(C)(C)C4)n3)ccc2Cl)CC1. The van der Waals surface area contributed by atoms with E-state index in [9.17, 15) is 4.39 Å². The summed E-state index contributed by atoms with van der Waals surface area (Å²) in [5.74, 6) is 0.128. The number of likely N-dealkylation sites (tertiary alicyclic amines) is 1. The lowest BCUT2D eigenvalue weighted by Crippen LogP contribution is -2.61. The standard InChI is InChI=1S/C25H37ClFN7/c1-24(2)14-18(15-25(3,4)33(24)6)29-22-20(27)16-28-23(31-22)30-17-7-8-19(26)21(13-17)34-11-9-32(5)10-12-34/h7-8,13,16,18H,9-12,14-15H2,1-6H3,(H2,28,29,30,31). The maximum Gasteiger partial charge on any atom is 0.229 e. The van der Waals surface area contributed by atoms with Gasteiger partial charge in [-0.1, -0.05) is 11.6 Å². The Morgan fingerprint density at radius 2 is 1.68 bits per heavy atom. The summed E-state index contributed by atoms with van der Waals surface area (Å²) in [6.45, 7) is 12.7. The molecule has 2 saturated heterocycles. The molecule has 0 saturated carbocycles. The number of hydrogen-bond acceptors (Lipinski definition) is 7. The van der Waals surface area contributed by atoms with Gasteiger partial charge in [0.05, 0.1) is 16.9 Å². The number of piperazine rings is 1. The summed E-state index contributed by atoms with van der Waals surface area (Å²) in [5, 5.41) is 7.30. The van der Waals surface area contributed by atoms with Crippen LogP contribution in [0.3, 0.4) is 0 Å². The van der Waals surface area contributed by atoms with Crippen molar-refractivity contribution in [3.8, 4) is 0 Å². The Morgan fingerprint density at radius 3 is 2.32 bits per heavy atom. The summed E-state index contributed by atoms with van der Waals surface area (Å²) < 4.78 is 14.7. The molecule has 34 heavy (non-hydrogen) atoms. The molecule has 0 unspecified atom stereocenters. The van der Waals surface area contributed by atoms with Crippen molar-refractivity contribution in [2.75, 3.05) is 55.8 Å². The van der Waals surface area contributed by atoms with Gasteiger partial charge in [0, 0.05) is 49.0 Å². The summed E-state index contributed by atoms with van der Waals surface area (Å²) in [6.07, 6.45) is 3.01. The molecule has 2 aliphatic heterocycles. The van der Waals surface area contributed by atoms with Crippen LogP contribution >= 0.6 is 11.6 Å². The molecule has 4 rings (SSSR count). The van der Waals surface area contributed by atoms with E-state index < -0.39 is 5.82 Å². The Kier molecular flexibility index (Phi) is 6.95. The molecule has 0 radical (unpaired) electrons. The third-order valence-corrected chi connectivity index (χ3v) is 7.76. The third kappa shape index (κ3) is 5.39. The second-order valence-corrected chi connectivity index (χ2v) is 11.3. The molecule has 2 aromatic rings. The van der Waals surface area contributed by atoms with Crippen LogP contribution in [0.2, 0.25) is 5.02 Å². The predicted molar refractivity (Wildman–Crippen MR) is 139 cm³/mol. The van der Waals surface area contributed by atoms with E-state index >= 15 is 0 Å². The first-order valence-electron chi connectivity index (χ1n) is 12.0. The lowest BCUT2D eigenvalue weighted by Gasteiger charge is -2.53. The van der Waals surface area contributed by atoms with Crippen molar-refractivity contribution in [2.24, 2.45) is 0 Å². The Hall–Kier alpha value is -2.16. The first kappa shape index (κ1) is 24.9. The van der Waals surface area contributed by atoms with Gasteiger partial charge >= 0.3 is 0 Å². The minimum Gasteiger partial charge on any atom is -0.368 e. The molecule has 0 bridgehead atoms. The number of likely N-dealkylation sites (N-methyl/N-ethyl adjacent to an activating group) is 1. The first-order chi connectivity index (χ1) is 15.9. The van der Waals surface area contributed by atoms with E-state index in [1.165, 1.54) is 6.20 Å². The highest BCUT2D eigenvalue weighted by molar-refractivity contribution is 6.33. The molecular weight excluding hydrogens is 453 g/mol. The topological polar surface area (TPSA) is 59.6 Å². The van der Waals surface area contributed by atoms with Gasteiger partial charge < -0.3 is 20.4 Å². The molecule has 0 spiro atoms. The molecule has 2 fully saturated rings. The van der Waals surface area contributed by atoms with Crippen molar-refractivity contribution in [3.05, 3.63) is 35.2 Å². The van der Waals surface area contributed by atoms with Crippen LogP contribution in [0.5, 0.6) is 0 Å². The molecule has 7 nitrogen and oxygen atoms in total. The van der Waals surface area contributed by atoms with Crippen molar-refractivity contribution >= 4 is 34.7 Å². The third-order valence-electron chi connectivity index (χ3n) is 7.44. The fourth-order valence-corrected chi connectivity index (χ4v) is 5.44. The molecule has 2 aliphatic rings. The number of halogens is 2. The van der Waals surface area contributed by atoms with Crippen LogP contribution in [-0.4, -0.2) is 77.2 Å². The van der Waals surface area contributed by atoms with Gasteiger partial charge in [-0.05, 0) is 72.8 Å². The highest BCUT2D eigenvalue weighted by Crippen LogP contribution is 2.38. The molecule has 9 heteroatoms. The Morgan fingerprint density at radius 1 is 1.03 bits per heavy atom. The van der Waals surface area contributed by atoms with Crippen molar-refractivity contribution in [3.63, 3.8) is 0 Å². The predicted octanol–water partition coefficient (Wildman–Crippen LogP) is 4.83. The zero-order valence-electron chi connectivity index (χ0n) is 21.1. The fourth-order valence-electron chi connectivity index (χ4n) is 5.20. The largest absolute Gasteiger partial charge is 0.368 e. The smallest absolute Gasteiger partial charge is 0.229 e. The van der Waals surface area contributed by atoms with Crippen molar-refractivity contribution in [1.82, 2.24) is 19.8 Å². The summed E-state index contributed by atoms with van der Waals surface area (Å²) in [7, 11) is 4.29. The number of rotatable bonds is 5. The van der Waals surface area contributed by atoms with Gasteiger partial charge in [-0.15, -0.1) is 0 Å². The van der Waals surface area contributed by atoms with Crippen LogP contribution < -0.4 is 15.5 Å². The molecule has 3 heterocycles. The van der Waals surface area contributed by atoms with Crippen LogP contribution in [-0.2, 0) is 0 Å². The number of nitrogens with one attached hydrogen (secondary N) is 2. The second kappa shape index (κ2) is 9.47. The Labute approximate surface area is 207 Å². The van der Waals surface area contributed by atoms with Crippen LogP contribution in [0.1, 0.15) is 40.5 Å². The zero-order chi connectivity index (χ0) is 24.7. The number of aromatic nitrogens is 2. The average molecular weight is 490 g/mol. The maximum absolute atomic E-state index is 14.7. The summed E-state index contributed by atoms with van der Waals surface area (Å²) >= 11 is 6.50. The number of nitrogens with zero attached hydrogens (tertiary/aromatic N) is 5. The van der Waals surface area contributed by atoms with Gasteiger partial charge in [0.1, 0.15) is 0 Å². The summed E-state index contributed by atoms with van der Waals surface area (Å²) in [4.78, 5) is 15.6. The van der Waals surface area contributed by atoms with Crippen LogP contribution in [0.25, 0.3) is 0 Å². The van der Waals surface area contributed by atoms with Crippen LogP contribution in [0.15, 0.2) is 24.4 Å². The minimum absolute atomic E-state index is 0.00697. The fraction of sp³-hybridized carbons (Fsp3) is 0.600. The van der Waals surface area contributed by atoms with Crippen molar-refractivity contribution in [1.29, 1.82) is 0 Å². The summed E-state index contributed by atoms with van der Waals surface area (Å²) in [6, 6.07) is 5.89. The highest BCUT2D eigenvalue weighted by atomic mass is 35.5. The van der Waals surface area contributed by atoms with E-state index in [0.717, 1.165) is 50.4 Å². The van der Waals surface area contributed by atoms with E-state index in [0.29, 0.717) is 11.0 Å². The normalized spacial score (nSPS) is 21.5. The molecule has 0 atom stereocenters. The first-order valence-corrected chi connectivity index (χ1v) is 12.4. The van der Waals surface area contributed by atoms with Crippen LogP contribution in [0, 0.1) is 5.82 Å². The van der Waals surface area contributed by atoms with Crippen molar-refractivity contribution < 1.29 is 4.39 Å². The highest BCUT2D eigenvalue weighted by Gasteiger charge is 2.43. The summed E-state index contributed by atoms with van der Waals surface area (Å²) in [5.41, 5.74) is 1.79. The zero-order valence-corrected chi connectivity index (χ0v) is 21.9. The lowest BCUT2D eigenvalue weighted by molar-refractivity contribution is -0.00778. The van der Waals surface area contributed by atoms with Gasteiger partial charge in [-0.2, -0.15) is 4.98 Å². The molecule has 0 amide bonds. The van der Waals surface area contributed by atoms with Gasteiger partial charge in [-0.3, -0.25) is 4.90 Å². The monoisotopic (exact) mass is 489 g/mol. The van der Waals surface area contributed by atoms with E-state index in [4.69, 9.17) is 11.6 Å². The number of anilines is 4. The van der Waals surface area contributed by atoms with Gasteiger partial charge in [0.15, 0.2) is 11.6 Å². The molecule has 0 aliphatic carbocycles. The Bertz CT molecular complexity index is 1000.